The molecule has 6 heteroatoms. The van der Waals surface area contributed by atoms with Gasteiger partial charge in [-0.3, -0.25) is 0 Å². The van der Waals surface area contributed by atoms with Crippen LogP contribution in [0.5, 0.6) is 0 Å². The van der Waals surface area contributed by atoms with Gasteiger partial charge in [0.25, 0.3) is 0 Å². The average Bonchev–Trinajstić information content (AvgIpc) is 2.47. The molecule has 0 radical (unpaired) electrons. The van der Waals surface area contributed by atoms with Crippen molar-refractivity contribution in [2.45, 2.75) is 19.8 Å². The Kier molecular flexibility index (Phi) is 4.47. The molecule has 0 saturated carbocycles. The number of nitrogens with two attached hydrogens (primary N) is 1. The van der Waals surface area contributed by atoms with Gasteiger partial charge in [0.15, 0.2) is 0 Å². The first-order valence-corrected chi connectivity index (χ1v) is 6.80. The molecule has 0 aromatic heterocycles. The van der Waals surface area contributed by atoms with Gasteiger partial charge in [0.1, 0.15) is 11.6 Å². The van der Waals surface area contributed by atoms with Gasteiger partial charge in [-0.15, -0.1) is 0 Å². The fraction of sp³-hybridized carbons (Fsp3) is 0.250. The Morgan fingerprint density at radius 2 is 2.18 bits per heavy atom. The molecule has 0 unspecified atom stereocenters. The van der Waals surface area contributed by atoms with Crippen molar-refractivity contribution < 1.29 is 13.9 Å². The van der Waals surface area contributed by atoms with Crippen molar-refractivity contribution in [1.29, 1.82) is 5.26 Å². The molecule has 0 spiro atoms. The lowest BCUT2D eigenvalue weighted by molar-refractivity contribution is -0.138. The number of hydrogen-bond acceptors (Lipinski definition) is 5. The fourth-order valence-electron chi connectivity index (χ4n) is 2.48. The maximum Gasteiger partial charge on any atom is 0.336 e. The van der Waals surface area contributed by atoms with Gasteiger partial charge in [0.05, 0.1) is 29.7 Å². The molecule has 0 amide bonds. The maximum atomic E-state index is 14.2. The van der Waals surface area contributed by atoms with Crippen molar-refractivity contribution >= 4 is 5.97 Å². The summed E-state index contributed by atoms with van der Waals surface area (Å²) in [6.07, 6.45) is 0. The lowest BCUT2D eigenvalue weighted by Crippen LogP contribution is -2.33. The molecule has 2 rings (SSSR count). The lowest BCUT2D eigenvalue weighted by Gasteiger charge is -2.28. The third-order valence-corrected chi connectivity index (χ3v) is 3.43. The molecule has 0 aliphatic carbocycles. The number of rotatable bonds is 3. The van der Waals surface area contributed by atoms with Crippen LogP contribution in [0.2, 0.25) is 0 Å². The van der Waals surface area contributed by atoms with E-state index in [4.69, 9.17) is 10.5 Å². The molecule has 1 aliphatic rings. The number of dihydropyridines is 1. The molecule has 1 aliphatic heterocycles. The maximum absolute atomic E-state index is 14.2. The van der Waals surface area contributed by atoms with E-state index >= 15 is 0 Å². The van der Waals surface area contributed by atoms with Crippen LogP contribution in [-0.4, -0.2) is 12.6 Å². The van der Waals surface area contributed by atoms with Crippen molar-refractivity contribution in [3.63, 3.8) is 0 Å². The summed E-state index contributed by atoms with van der Waals surface area (Å²) >= 11 is 0. The minimum Gasteiger partial charge on any atom is -0.463 e. The van der Waals surface area contributed by atoms with E-state index in [1.165, 1.54) is 12.1 Å². The topological polar surface area (TPSA) is 88.1 Å². The molecular formula is C16H16FN3O2. The first kappa shape index (κ1) is 15.6. The summed E-state index contributed by atoms with van der Waals surface area (Å²) in [7, 11) is 0. The molecule has 114 valence electrons. The third kappa shape index (κ3) is 2.66. The van der Waals surface area contributed by atoms with Gasteiger partial charge in [-0.25, -0.2) is 9.18 Å². The van der Waals surface area contributed by atoms with Crippen LogP contribution < -0.4 is 11.1 Å². The van der Waals surface area contributed by atoms with Gasteiger partial charge in [0, 0.05) is 11.3 Å². The Morgan fingerprint density at radius 3 is 2.77 bits per heavy atom. The van der Waals surface area contributed by atoms with E-state index in [9.17, 15) is 14.4 Å². The molecule has 1 aromatic rings. The molecule has 1 atom stereocenters. The van der Waals surface area contributed by atoms with E-state index in [1.807, 2.05) is 6.07 Å². The highest BCUT2D eigenvalue weighted by Gasteiger charge is 2.35. The zero-order valence-electron chi connectivity index (χ0n) is 12.3. The predicted molar refractivity (Wildman–Crippen MR) is 78.4 cm³/mol. The standard InChI is InChI=1S/C16H16FN3O2/c1-3-22-16(21)13-9(2)20-15(19)11(8-18)14(13)10-6-4-5-7-12(10)17/h4-7,14,20H,3,19H2,1-2H3/t14-/m1/s1. The van der Waals surface area contributed by atoms with Gasteiger partial charge >= 0.3 is 5.97 Å². The second kappa shape index (κ2) is 6.31. The van der Waals surface area contributed by atoms with Gasteiger partial charge in [-0.1, -0.05) is 18.2 Å². The number of nitrogens with zero attached hydrogens (tertiary/aromatic N) is 1. The number of allylic oxidation sites excluding steroid dienone is 2. The number of benzene rings is 1. The van der Waals surface area contributed by atoms with Crippen LogP contribution in [0.3, 0.4) is 0 Å². The molecule has 1 aromatic carbocycles. The van der Waals surface area contributed by atoms with E-state index in [-0.39, 0.29) is 29.1 Å². The van der Waals surface area contributed by atoms with E-state index in [1.54, 1.807) is 26.0 Å². The van der Waals surface area contributed by atoms with Crippen molar-refractivity contribution in [3.8, 4) is 6.07 Å². The highest BCUT2D eigenvalue weighted by molar-refractivity contribution is 5.93. The minimum absolute atomic E-state index is 0.0961. The Bertz CT molecular complexity index is 716. The molecule has 0 fully saturated rings. The van der Waals surface area contributed by atoms with E-state index in [2.05, 4.69) is 5.32 Å². The highest BCUT2D eigenvalue weighted by Crippen LogP contribution is 2.38. The number of halogens is 1. The zero-order chi connectivity index (χ0) is 16.3. The highest BCUT2D eigenvalue weighted by atomic mass is 19.1. The Hall–Kier alpha value is -2.81. The van der Waals surface area contributed by atoms with E-state index in [0.717, 1.165) is 0 Å². The van der Waals surface area contributed by atoms with Gasteiger partial charge < -0.3 is 15.8 Å². The number of carbonyl (C=O) groups is 1. The van der Waals surface area contributed by atoms with Crippen molar-refractivity contribution in [3.05, 3.63) is 58.3 Å². The van der Waals surface area contributed by atoms with Crippen LogP contribution in [0, 0.1) is 17.1 Å². The van der Waals surface area contributed by atoms with E-state index < -0.39 is 17.7 Å². The summed E-state index contributed by atoms with van der Waals surface area (Å²) in [5.41, 5.74) is 6.78. The number of nitriles is 1. The Morgan fingerprint density at radius 1 is 1.50 bits per heavy atom. The number of hydrogen-bond donors (Lipinski definition) is 2. The second-order valence-electron chi connectivity index (χ2n) is 4.78. The first-order chi connectivity index (χ1) is 10.5. The van der Waals surface area contributed by atoms with E-state index in [0.29, 0.717) is 5.70 Å². The van der Waals surface area contributed by atoms with Crippen molar-refractivity contribution in [2.24, 2.45) is 5.73 Å². The molecule has 0 saturated heterocycles. The number of carbonyl (C=O) groups excluding carboxylic acids is 1. The smallest absolute Gasteiger partial charge is 0.336 e. The first-order valence-electron chi connectivity index (χ1n) is 6.80. The molecule has 22 heavy (non-hydrogen) atoms. The summed E-state index contributed by atoms with van der Waals surface area (Å²) in [6, 6.07) is 7.95. The second-order valence-corrected chi connectivity index (χ2v) is 4.78. The SMILES string of the molecule is CCOC(=O)C1=C(C)NC(N)=C(C#N)[C@H]1c1ccccc1F. The van der Waals surface area contributed by atoms with Crippen LogP contribution in [0.15, 0.2) is 46.9 Å². The van der Waals surface area contributed by atoms with Crippen LogP contribution >= 0.6 is 0 Å². The van der Waals surface area contributed by atoms with Crippen molar-refractivity contribution in [1.82, 2.24) is 5.32 Å². The number of ether oxygens (including phenoxy) is 1. The van der Waals surface area contributed by atoms with Crippen LogP contribution in [-0.2, 0) is 9.53 Å². The quantitative estimate of drug-likeness (QED) is 0.834. The zero-order valence-corrected chi connectivity index (χ0v) is 12.3. The summed E-state index contributed by atoms with van der Waals surface area (Å²) in [4.78, 5) is 12.3. The number of esters is 1. The largest absolute Gasteiger partial charge is 0.463 e. The lowest BCUT2D eigenvalue weighted by atomic mass is 9.81. The fourth-order valence-corrected chi connectivity index (χ4v) is 2.48. The molecule has 1 heterocycles. The summed E-state index contributed by atoms with van der Waals surface area (Å²) in [6.45, 7) is 3.50. The van der Waals surface area contributed by atoms with Gasteiger partial charge in [-0.05, 0) is 19.9 Å². The number of nitrogens with one attached hydrogen (secondary N) is 1. The summed E-state index contributed by atoms with van der Waals surface area (Å²) in [5.74, 6) is -1.88. The minimum atomic E-state index is -0.883. The summed E-state index contributed by atoms with van der Waals surface area (Å²) in [5, 5.41) is 12.2. The predicted octanol–water partition coefficient (Wildman–Crippen LogP) is 2.04. The third-order valence-electron chi connectivity index (χ3n) is 3.43. The van der Waals surface area contributed by atoms with Gasteiger partial charge in [-0.2, -0.15) is 5.26 Å². The van der Waals surface area contributed by atoms with Crippen LogP contribution in [0.4, 0.5) is 4.39 Å². The molecule has 3 N–H and O–H groups in total. The van der Waals surface area contributed by atoms with Crippen LogP contribution in [0.1, 0.15) is 25.3 Å². The monoisotopic (exact) mass is 301 g/mol. The van der Waals surface area contributed by atoms with Crippen molar-refractivity contribution in [2.75, 3.05) is 6.61 Å². The molecule has 5 nitrogen and oxygen atoms in total. The Balaban J connectivity index is 2.65. The normalized spacial score (nSPS) is 17.8. The van der Waals surface area contributed by atoms with Crippen LogP contribution in [0.25, 0.3) is 0 Å². The molecular weight excluding hydrogens is 285 g/mol. The Labute approximate surface area is 127 Å². The summed E-state index contributed by atoms with van der Waals surface area (Å²) < 4.78 is 19.2. The van der Waals surface area contributed by atoms with Gasteiger partial charge in [0.2, 0.25) is 0 Å². The average molecular weight is 301 g/mol. The molecule has 0 bridgehead atoms.